The van der Waals surface area contributed by atoms with Crippen LogP contribution in [0.5, 0.6) is 0 Å². The number of amides is 1. The molecule has 1 amide bonds. The van der Waals surface area contributed by atoms with Crippen LogP contribution in [0.1, 0.15) is 52.9 Å². The van der Waals surface area contributed by atoms with Crippen molar-refractivity contribution >= 4 is 17.3 Å². The van der Waals surface area contributed by atoms with E-state index in [4.69, 9.17) is 0 Å². The molecule has 2 heterocycles. The highest BCUT2D eigenvalue weighted by atomic mass is 16.2. The standard InChI is InChI=1S/C23H25N3O2/c27-21(19-9-8-17-5-1-2-6-18(17)15-19)10-11-23(28)24-13-12-20-16-26-14-4-3-7-22(26)25-20/h3-4,7-9,14-16H,1-2,5-6,10-13H2,(H,24,28). The van der Waals surface area contributed by atoms with Gasteiger partial charge in [0.15, 0.2) is 5.78 Å². The molecule has 0 saturated carbocycles. The summed E-state index contributed by atoms with van der Waals surface area (Å²) >= 11 is 0. The van der Waals surface area contributed by atoms with E-state index >= 15 is 0 Å². The van der Waals surface area contributed by atoms with Gasteiger partial charge < -0.3 is 9.72 Å². The molecule has 1 N–H and O–H groups in total. The van der Waals surface area contributed by atoms with Crippen molar-refractivity contribution < 1.29 is 9.59 Å². The number of carbonyl (C=O) groups excluding carboxylic acids is 2. The maximum atomic E-state index is 12.4. The van der Waals surface area contributed by atoms with E-state index in [0.29, 0.717) is 13.0 Å². The van der Waals surface area contributed by atoms with Crippen molar-refractivity contribution in [2.45, 2.75) is 44.9 Å². The fourth-order valence-electron chi connectivity index (χ4n) is 3.80. The number of nitrogens with one attached hydrogen (secondary N) is 1. The number of rotatable bonds is 7. The van der Waals surface area contributed by atoms with Crippen molar-refractivity contribution in [2.75, 3.05) is 6.54 Å². The first-order chi connectivity index (χ1) is 13.7. The van der Waals surface area contributed by atoms with Gasteiger partial charge in [0.1, 0.15) is 5.65 Å². The Balaban J connectivity index is 1.23. The second-order valence-corrected chi connectivity index (χ2v) is 7.41. The van der Waals surface area contributed by atoms with Crippen molar-refractivity contribution in [3.8, 4) is 0 Å². The fourth-order valence-corrected chi connectivity index (χ4v) is 3.80. The minimum atomic E-state index is -0.0879. The molecule has 5 nitrogen and oxygen atoms in total. The minimum absolute atomic E-state index is 0.0453. The van der Waals surface area contributed by atoms with E-state index in [-0.39, 0.29) is 24.5 Å². The Morgan fingerprint density at radius 3 is 2.75 bits per heavy atom. The van der Waals surface area contributed by atoms with Gasteiger partial charge >= 0.3 is 0 Å². The zero-order valence-electron chi connectivity index (χ0n) is 16.0. The van der Waals surface area contributed by atoms with E-state index in [1.54, 1.807) is 0 Å². The molecule has 0 atom stereocenters. The highest BCUT2D eigenvalue weighted by Gasteiger charge is 2.14. The molecule has 0 unspecified atom stereocenters. The van der Waals surface area contributed by atoms with Crippen LogP contribution in [0, 0.1) is 0 Å². The summed E-state index contributed by atoms with van der Waals surface area (Å²) in [6.45, 7) is 0.524. The SMILES string of the molecule is O=C(CCC(=O)c1ccc2c(c1)CCCC2)NCCc1cn2ccccc2n1. The van der Waals surface area contributed by atoms with Gasteiger partial charge in [0.25, 0.3) is 0 Å². The molecular weight excluding hydrogens is 350 g/mol. The highest BCUT2D eigenvalue weighted by molar-refractivity contribution is 5.98. The predicted molar refractivity (Wildman–Crippen MR) is 109 cm³/mol. The molecule has 0 saturated heterocycles. The third kappa shape index (κ3) is 4.30. The number of aromatic nitrogens is 2. The zero-order chi connectivity index (χ0) is 19.3. The predicted octanol–water partition coefficient (Wildman–Crippen LogP) is 3.53. The summed E-state index contributed by atoms with van der Waals surface area (Å²) in [7, 11) is 0. The molecule has 0 radical (unpaired) electrons. The van der Waals surface area contributed by atoms with Gasteiger partial charge in [-0.1, -0.05) is 18.2 Å². The molecule has 1 aliphatic carbocycles. The van der Waals surface area contributed by atoms with Crippen LogP contribution in [0.15, 0.2) is 48.8 Å². The smallest absolute Gasteiger partial charge is 0.220 e. The summed E-state index contributed by atoms with van der Waals surface area (Å²) in [5, 5.41) is 2.89. The third-order valence-corrected chi connectivity index (χ3v) is 5.37. The van der Waals surface area contributed by atoms with Crippen LogP contribution in [0.2, 0.25) is 0 Å². The van der Waals surface area contributed by atoms with E-state index in [0.717, 1.165) is 29.7 Å². The second kappa shape index (κ2) is 8.38. The van der Waals surface area contributed by atoms with E-state index in [1.807, 2.05) is 47.1 Å². The van der Waals surface area contributed by atoms with Crippen LogP contribution in [0.3, 0.4) is 0 Å². The summed E-state index contributed by atoms with van der Waals surface area (Å²) in [5.41, 5.74) is 5.25. The number of Topliss-reactive ketones (excluding diaryl/α,β-unsaturated/α-hetero) is 1. The maximum absolute atomic E-state index is 12.4. The van der Waals surface area contributed by atoms with Crippen LogP contribution in [-0.4, -0.2) is 27.6 Å². The first-order valence-electron chi connectivity index (χ1n) is 10.0. The number of carbonyl (C=O) groups is 2. The average molecular weight is 375 g/mol. The normalized spacial score (nSPS) is 13.3. The average Bonchev–Trinajstić information content (AvgIpc) is 3.14. The van der Waals surface area contributed by atoms with Crippen LogP contribution >= 0.6 is 0 Å². The van der Waals surface area contributed by atoms with Gasteiger partial charge in [-0.3, -0.25) is 9.59 Å². The lowest BCUT2D eigenvalue weighted by molar-refractivity contribution is -0.121. The van der Waals surface area contributed by atoms with Crippen molar-refractivity contribution in [3.63, 3.8) is 0 Å². The lowest BCUT2D eigenvalue weighted by atomic mass is 9.89. The summed E-state index contributed by atoms with van der Waals surface area (Å²) in [6.07, 6.45) is 9.66. The van der Waals surface area contributed by atoms with Crippen molar-refractivity contribution in [1.82, 2.24) is 14.7 Å². The third-order valence-electron chi connectivity index (χ3n) is 5.37. The first kappa shape index (κ1) is 18.4. The largest absolute Gasteiger partial charge is 0.356 e. The quantitative estimate of drug-likeness (QED) is 0.643. The molecule has 0 spiro atoms. The van der Waals surface area contributed by atoms with Gasteiger partial charge in [0.05, 0.1) is 5.69 Å². The fraction of sp³-hybridized carbons (Fsp3) is 0.348. The first-order valence-corrected chi connectivity index (χ1v) is 10.0. The van der Waals surface area contributed by atoms with Crippen LogP contribution in [-0.2, 0) is 24.1 Å². The van der Waals surface area contributed by atoms with E-state index in [2.05, 4.69) is 16.4 Å². The molecule has 0 aliphatic heterocycles. The molecule has 0 fully saturated rings. The maximum Gasteiger partial charge on any atom is 0.220 e. The summed E-state index contributed by atoms with van der Waals surface area (Å²) < 4.78 is 1.97. The Morgan fingerprint density at radius 2 is 1.89 bits per heavy atom. The lowest BCUT2D eigenvalue weighted by Gasteiger charge is -2.16. The molecule has 2 aromatic heterocycles. The Morgan fingerprint density at radius 1 is 1.04 bits per heavy atom. The van der Waals surface area contributed by atoms with E-state index < -0.39 is 0 Å². The van der Waals surface area contributed by atoms with Gasteiger partial charge in [-0.15, -0.1) is 0 Å². The van der Waals surface area contributed by atoms with Gasteiger partial charge in [-0.25, -0.2) is 4.98 Å². The number of pyridine rings is 1. The molecule has 3 aromatic rings. The minimum Gasteiger partial charge on any atom is -0.356 e. The Bertz CT molecular complexity index is 973. The highest BCUT2D eigenvalue weighted by Crippen LogP contribution is 2.22. The summed E-state index contributed by atoms with van der Waals surface area (Å²) in [4.78, 5) is 29.0. The number of ketones is 1. The topological polar surface area (TPSA) is 63.5 Å². The Hall–Kier alpha value is -2.95. The van der Waals surface area contributed by atoms with Crippen LogP contribution in [0.4, 0.5) is 0 Å². The van der Waals surface area contributed by atoms with E-state index in [1.165, 1.54) is 24.0 Å². The molecule has 1 aliphatic rings. The number of benzene rings is 1. The molecule has 1 aromatic carbocycles. The van der Waals surface area contributed by atoms with Crippen LogP contribution < -0.4 is 5.32 Å². The van der Waals surface area contributed by atoms with Gasteiger partial charge in [-0.05, 0) is 55.0 Å². The van der Waals surface area contributed by atoms with Gasteiger partial charge in [-0.2, -0.15) is 0 Å². The molecule has 5 heteroatoms. The summed E-state index contributed by atoms with van der Waals surface area (Å²) in [5.74, 6) is -0.0426. The lowest BCUT2D eigenvalue weighted by Crippen LogP contribution is -2.26. The zero-order valence-corrected chi connectivity index (χ0v) is 16.0. The summed E-state index contributed by atoms with van der Waals surface area (Å²) in [6, 6.07) is 11.9. The van der Waals surface area contributed by atoms with Gasteiger partial charge in [0, 0.05) is 43.8 Å². The monoisotopic (exact) mass is 375 g/mol. The number of hydrogen-bond acceptors (Lipinski definition) is 3. The number of nitrogens with zero attached hydrogens (tertiary/aromatic N) is 2. The molecule has 28 heavy (non-hydrogen) atoms. The number of hydrogen-bond donors (Lipinski definition) is 1. The Kier molecular flexibility index (Phi) is 5.51. The molecule has 4 rings (SSSR count). The second-order valence-electron chi connectivity index (χ2n) is 7.41. The van der Waals surface area contributed by atoms with Crippen molar-refractivity contribution in [3.05, 3.63) is 71.2 Å². The Labute approximate surface area is 164 Å². The van der Waals surface area contributed by atoms with Crippen molar-refractivity contribution in [1.29, 1.82) is 0 Å². The molecule has 144 valence electrons. The van der Waals surface area contributed by atoms with Crippen LogP contribution in [0.25, 0.3) is 5.65 Å². The van der Waals surface area contributed by atoms with Gasteiger partial charge in [0.2, 0.25) is 5.91 Å². The van der Waals surface area contributed by atoms with Crippen molar-refractivity contribution in [2.24, 2.45) is 0 Å². The molecule has 0 bridgehead atoms. The number of fused-ring (bicyclic) bond motifs is 2. The van der Waals surface area contributed by atoms with E-state index in [9.17, 15) is 9.59 Å². The number of imidazole rings is 1. The molecular formula is C23H25N3O2. The number of aryl methyl sites for hydroxylation is 2.